The molecular formula is C22H30N4O3S. The van der Waals surface area contributed by atoms with Crippen molar-refractivity contribution in [2.75, 3.05) is 18.4 Å². The van der Waals surface area contributed by atoms with Gasteiger partial charge in [0.2, 0.25) is 15.9 Å². The van der Waals surface area contributed by atoms with Crippen molar-refractivity contribution in [3.63, 3.8) is 0 Å². The van der Waals surface area contributed by atoms with Gasteiger partial charge in [-0.05, 0) is 51.2 Å². The number of piperidine rings is 1. The number of amides is 1. The third kappa shape index (κ3) is 4.16. The fraction of sp³-hybridized carbons (Fsp3) is 0.545. The van der Waals surface area contributed by atoms with Gasteiger partial charge in [-0.25, -0.2) is 13.1 Å². The van der Waals surface area contributed by atoms with Crippen molar-refractivity contribution in [2.24, 2.45) is 5.92 Å². The Kier molecular flexibility index (Phi) is 5.97. The fourth-order valence-corrected chi connectivity index (χ4v) is 6.34. The normalized spacial score (nSPS) is 19.3. The third-order valence-corrected chi connectivity index (χ3v) is 8.42. The van der Waals surface area contributed by atoms with Gasteiger partial charge in [-0.1, -0.05) is 30.5 Å². The van der Waals surface area contributed by atoms with Crippen LogP contribution in [0.2, 0.25) is 0 Å². The second kappa shape index (κ2) is 8.51. The molecule has 1 aliphatic heterocycles. The van der Waals surface area contributed by atoms with E-state index in [0.29, 0.717) is 36.9 Å². The van der Waals surface area contributed by atoms with Crippen molar-refractivity contribution < 1.29 is 13.2 Å². The van der Waals surface area contributed by atoms with Crippen molar-refractivity contribution in [2.45, 2.75) is 63.3 Å². The Morgan fingerprint density at radius 2 is 1.77 bits per heavy atom. The molecule has 0 spiro atoms. The van der Waals surface area contributed by atoms with Crippen LogP contribution in [0.3, 0.4) is 0 Å². The molecule has 0 atom stereocenters. The van der Waals surface area contributed by atoms with Crippen LogP contribution in [0.15, 0.2) is 35.4 Å². The van der Waals surface area contributed by atoms with E-state index in [1.165, 1.54) is 17.1 Å². The molecule has 0 radical (unpaired) electrons. The lowest BCUT2D eigenvalue weighted by Gasteiger charge is -2.31. The Hall–Kier alpha value is -2.19. The zero-order valence-corrected chi connectivity index (χ0v) is 18.5. The summed E-state index contributed by atoms with van der Waals surface area (Å²) in [4.78, 5) is 13.2. The first-order chi connectivity index (χ1) is 14.4. The van der Waals surface area contributed by atoms with Crippen LogP contribution >= 0.6 is 0 Å². The van der Waals surface area contributed by atoms with Crippen molar-refractivity contribution in [1.29, 1.82) is 0 Å². The molecule has 1 aliphatic carbocycles. The van der Waals surface area contributed by atoms with Crippen molar-refractivity contribution in [3.05, 3.63) is 41.6 Å². The maximum absolute atomic E-state index is 13.1. The van der Waals surface area contributed by atoms with E-state index in [0.717, 1.165) is 29.8 Å². The summed E-state index contributed by atoms with van der Waals surface area (Å²) in [6, 6.07) is 7.60. The molecule has 2 aromatic rings. The molecule has 1 aromatic heterocycles. The van der Waals surface area contributed by atoms with Crippen molar-refractivity contribution in [3.8, 4) is 0 Å². The molecule has 4 rings (SSSR count). The second-order valence-corrected chi connectivity index (χ2v) is 10.4. The van der Waals surface area contributed by atoms with Crippen molar-refractivity contribution >= 4 is 21.7 Å². The summed E-state index contributed by atoms with van der Waals surface area (Å²) in [5, 5.41) is 7.43. The molecule has 2 aliphatic rings. The average Bonchev–Trinajstić information content (AvgIpc) is 3.39. The number of aryl methyl sites for hydroxylation is 2. The van der Waals surface area contributed by atoms with Gasteiger partial charge in [-0.15, -0.1) is 0 Å². The van der Waals surface area contributed by atoms with E-state index in [-0.39, 0.29) is 11.8 Å². The number of rotatable bonds is 5. The summed E-state index contributed by atoms with van der Waals surface area (Å²) < 4.78 is 29.6. The van der Waals surface area contributed by atoms with Gasteiger partial charge in [0.05, 0.1) is 17.1 Å². The van der Waals surface area contributed by atoms with Gasteiger partial charge in [0, 0.05) is 25.1 Å². The Bertz CT molecular complexity index is 1020. The van der Waals surface area contributed by atoms with Crippen LogP contribution in [0.5, 0.6) is 0 Å². The molecule has 1 saturated heterocycles. The number of hydrogen-bond acceptors (Lipinski definition) is 4. The molecule has 1 aromatic carbocycles. The molecule has 2 fully saturated rings. The van der Waals surface area contributed by atoms with E-state index < -0.39 is 10.0 Å². The number of carbonyl (C=O) groups is 1. The second-order valence-electron chi connectivity index (χ2n) is 8.54. The van der Waals surface area contributed by atoms with Crippen LogP contribution in [0, 0.1) is 19.8 Å². The standard InChI is InChI=1S/C22H30N4O3S/c1-16-7-8-20(17(2)15-16)30(28,29)25-13-10-18(11-14-25)22(27)24-21-9-12-23-26(21)19-5-3-4-6-19/h7-9,12,15,18-19H,3-6,10-11,13-14H2,1-2H3,(H,24,27). The Labute approximate surface area is 178 Å². The van der Waals surface area contributed by atoms with Crippen LogP contribution in [0.25, 0.3) is 0 Å². The fourth-order valence-electron chi connectivity index (χ4n) is 4.67. The van der Waals surface area contributed by atoms with Gasteiger partial charge in [0.25, 0.3) is 0 Å². The first kappa shape index (κ1) is 21.1. The largest absolute Gasteiger partial charge is 0.311 e. The number of aromatic nitrogens is 2. The van der Waals surface area contributed by atoms with E-state index >= 15 is 0 Å². The zero-order chi connectivity index (χ0) is 21.3. The molecule has 0 unspecified atom stereocenters. The summed E-state index contributed by atoms with van der Waals surface area (Å²) in [5.41, 5.74) is 1.80. The van der Waals surface area contributed by atoms with Gasteiger partial charge in [-0.3, -0.25) is 4.79 Å². The summed E-state index contributed by atoms with van der Waals surface area (Å²) in [6.07, 6.45) is 7.36. The Morgan fingerprint density at radius 3 is 2.43 bits per heavy atom. The highest BCUT2D eigenvalue weighted by Gasteiger charge is 2.33. The SMILES string of the molecule is Cc1ccc(S(=O)(=O)N2CCC(C(=O)Nc3ccnn3C3CCCC3)CC2)c(C)c1. The van der Waals surface area contributed by atoms with Gasteiger partial charge in [0.1, 0.15) is 5.82 Å². The van der Waals surface area contributed by atoms with Crippen LogP contribution in [0.1, 0.15) is 55.7 Å². The highest BCUT2D eigenvalue weighted by Crippen LogP contribution is 2.32. The number of anilines is 1. The predicted molar refractivity (Wildman–Crippen MR) is 116 cm³/mol. The van der Waals surface area contributed by atoms with Crippen LogP contribution < -0.4 is 5.32 Å². The molecule has 1 saturated carbocycles. The van der Waals surface area contributed by atoms with E-state index in [2.05, 4.69) is 10.4 Å². The van der Waals surface area contributed by atoms with Gasteiger partial charge < -0.3 is 5.32 Å². The zero-order valence-electron chi connectivity index (χ0n) is 17.7. The van der Waals surface area contributed by atoms with E-state index in [1.54, 1.807) is 12.3 Å². The summed E-state index contributed by atoms with van der Waals surface area (Å²) in [6.45, 7) is 4.49. The lowest BCUT2D eigenvalue weighted by atomic mass is 9.97. The minimum Gasteiger partial charge on any atom is -0.311 e. The molecule has 8 heteroatoms. The van der Waals surface area contributed by atoms with Gasteiger partial charge >= 0.3 is 0 Å². The maximum Gasteiger partial charge on any atom is 0.243 e. The number of sulfonamides is 1. The average molecular weight is 431 g/mol. The van der Waals surface area contributed by atoms with Crippen LogP contribution in [-0.4, -0.2) is 41.5 Å². The monoisotopic (exact) mass is 430 g/mol. The first-order valence-corrected chi connectivity index (χ1v) is 12.2. The number of nitrogens with one attached hydrogen (secondary N) is 1. The number of hydrogen-bond donors (Lipinski definition) is 1. The minimum atomic E-state index is -3.54. The predicted octanol–water partition coefficient (Wildman–Crippen LogP) is 3.65. The van der Waals surface area contributed by atoms with Crippen LogP contribution in [-0.2, 0) is 14.8 Å². The molecule has 7 nitrogen and oxygen atoms in total. The summed E-state index contributed by atoms with van der Waals surface area (Å²) >= 11 is 0. The smallest absolute Gasteiger partial charge is 0.243 e. The Balaban J connectivity index is 1.39. The maximum atomic E-state index is 13.1. The van der Waals surface area contributed by atoms with E-state index in [1.807, 2.05) is 36.7 Å². The summed E-state index contributed by atoms with van der Waals surface area (Å²) in [5.74, 6) is 0.512. The van der Waals surface area contributed by atoms with Gasteiger partial charge in [0.15, 0.2) is 0 Å². The van der Waals surface area contributed by atoms with Crippen LogP contribution in [0.4, 0.5) is 5.82 Å². The molecule has 1 amide bonds. The molecule has 1 N–H and O–H groups in total. The van der Waals surface area contributed by atoms with E-state index in [4.69, 9.17) is 0 Å². The minimum absolute atomic E-state index is 0.0432. The third-order valence-electron chi connectivity index (χ3n) is 6.37. The molecule has 2 heterocycles. The Morgan fingerprint density at radius 1 is 1.07 bits per heavy atom. The summed E-state index contributed by atoms with van der Waals surface area (Å²) in [7, 11) is -3.54. The lowest BCUT2D eigenvalue weighted by Crippen LogP contribution is -2.41. The topological polar surface area (TPSA) is 84.3 Å². The first-order valence-electron chi connectivity index (χ1n) is 10.8. The molecule has 162 valence electrons. The van der Waals surface area contributed by atoms with E-state index in [9.17, 15) is 13.2 Å². The highest BCUT2D eigenvalue weighted by atomic mass is 32.2. The highest BCUT2D eigenvalue weighted by molar-refractivity contribution is 7.89. The molecule has 30 heavy (non-hydrogen) atoms. The lowest BCUT2D eigenvalue weighted by molar-refractivity contribution is -0.121. The number of nitrogens with zero attached hydrogens (tertiary/aromatic N) is 3. The molecular weight excluding hydrogens is 400 g/mol. The number of benzene rings is 1. The molecule has 0 bridgehead atoms. The van der Waals surface area contributed by atoms with Gasteiger partial charge in [-0.2, -0.15) is 9.40 Å². The number of carbonyl (C=O) groups excluding carboxylic acids is 1. The van der Waals surface area contributed by atoms with Crippen molar-refractivity contribution in [1.82, 2.24) is 14.1 Å². The quantitative estimate of drug-likeness (QED) is 0.785.